The van der Waals surface area contributed by atoms with E-state index in [2.05, 4.69) is 45.6 Å². The molecule has 6 heteroatoms. The monoisotopic (exact) mass is 418 g/mol. The molecule has 0 aliphatic carbocycles. The molecule has 1 aliphatic heterocycles. The number of hydrogen-bond acceptors (Lipinski definition) is 4. The van der Waals surface area contributed by atoms with Crippen LogP contribution in [0, 0.1) is 0 Å². The molecular weight excluding hydrogens is 400 g/mol. The second-order valence-corrected chi connectivity index (χ2v) is 7.57. The Hall–Kier alpha value is -1.92. The van der Waals surface area contributed by atoms with Gasteiger partial charge in [-0.15, -0.1) is 0 Å². The van der Waals surface area contributed by atoms with Crippen LogP contribution in [0.5, 0.6) is 5.75 Å². The van der Waals surface area contributed by atoms with Gasteiger partial charge in [0.15, 0.2) is 5.50 Å². The molecule has 2 N–H and O–H groups in total. The van der Waals surface area contributed by atoms with Crippen molar-refractivity contribution < 1.29 is 9.53 Å². The van der Waals surface area contributed by atoms with Crippen molar-refractivity contribution >= 4 is 45.4 Å². The second-order valence-electron chi connectivity index (χ2n) is 5.57. The molecule has 2 aromatic rings. The summed E-state index contributed by atoms with van der Waals surface area (Å²) in [4.78, 5) is 12.9. The smallest absolute Gasteiger partial charge is 0.260 e. The number of ether oxygens (including phenoxy) is 1. The summed E-state index contributed by atoms with van der Waals surface area (Å²) >= 11 is 4.94. The molecule has 1 saturated heterocycles. The number of aryl methyl sites for hydroxylation is 1. The number of methoxy groups -OCH3 is 1. The highest BCUT2D eigenvalue weighted by Gasteiger charge is 2.27. The lowest BCUT2D eigenvalue weighted by molar-refractivity contribution is -0.116. The molecule has 3 rings (SSSR count). The van der Waals surface area contributed by atoms with Crippen LogP contribution in [0.25, 0.3) is 6.08 Å². The minimum atomic E-state index is -0.173. The molecule has 130 valence electrons. The van der Waals surface area contributed by atoms with E-state index in [0.717, 1.165) is 27.9 Å². The zero-order valence-electron chi connectivity index (χ0n) is 14.0. The molecule has 0 saturated carbocycles. The minimum absolute atomic E-state index is 0.0698. The van der Waals surface area contributed by atoms with Crippen LogP contribution >= 0.6 is 27.7 Å². The molecule has 4 nitrogen and oxygen atoms in total. The van der Waals surface area contributed by atoms with Crippen LogP contribution in [-0.2, 0) is 11.2 Å². The molecule has 0 radical (unpaired) electrons. The number of rotatable bonds is 5. The number of carbonyl (C=O) groups is 1. The fourth-order valence-electron chi connectivity index (χ4n) is 2.48. The van der Waals surface area contributed by atoms with Crippen LogP contribution in [0.4, 0.5) is 5.69 Å². The van der Waals surface area contributed by atoms with Crippen LogP contribution in [0.2, 0.25) is 0 Å². The Morgan fingerprint density at radius 3 is 2.68 bits per heavy atom. The van der Waals surface area contributed by atoms with E-state index >= 15 is 0 Å². The van der Waals surface area contributed by atoms with Gasteiger partial charge in [-0.25, -0.2) is 0 Å². The first-order valence-corrected chi connectivity index (χ1v) is 9.64. The summed E-state index contributed by atoms with van der Waals surface area (Å²) < 4.78 is 6.09. The maximum atomic E-state index is 12.2. The van der Waals surface area contributed by atoms with E-state index < -0.39 is 0 Å². The van der Waals surface area contributed by atoms with E-state index in [-0.39, 0.29) is 11.4 Å². The van der Waals surface area contributed by atoms with Gasteiger partial charge >= 0.3 is 0 Å². The average Bonchev–Trinajstić information content (AvgIpc) is 2.95. The van der Waals surface area contributed by atoms with Crippen LogP contribution in [-0.4, -0.2) is 18.5 Å². The standard InChI is InChI=1S/C19H19BrN2O2S/c1-3-12-4-7-14(8-5-12)21-19-22-18(23)17(25-19)11-13-6-9-16(24-2)15(20)10-13/h4-11,19,21H,3H2,1-2H3,(H,22,23)/b17-11-/t19-/m0/s1. The third kappa shape index (κ3) is 4.38. The van der Waals surface area contributed by atoms with E-state index in [1.165, 1.54) is 17.3 Å². The molecule has 1 amide bonds. The molecule has 1 atom stereocenters. The molecule has 2 aromatic carbocycles. The van der Waals surface area contributed by atoms with Crippen LogP contribution < -0.4 is 15.4 Å². The Morgan fingerprint density at radius 1 is 1.28 bits per heavy atom. The van der Waals surface area contributed by atoms with Gasteiger partial charge < -0.3 is 15.4 Å². The topological polar surface area (TPSA) is 50.4 Å². The molecule has 0 aromatic heterocycles. The van der Waals surface area contributed by atoms with Gasteiger partial charge in [0.1, 0.15) is 5.75 Å². The van der Waals surface area contributed by atoms with Crippen molar-refractivity contribution in [3.05, 3.63) is 63.0 Å². The van der Waals surface area contributed by atoms with Gasteiger partial charge in [-0.05, 0) is 63.8 Å². The molecule has 0 unspecified atom stereocenters. The van der Waals surface area contributed by atoms with Gasteiger partial charge in [0.2, 0.25) is 0 Å². The minimum Gasteiger partial charge on any atom is -0.496 e. The summed E-state index contributed by atoms with van der Waals surface area (Å²) in [5.41, 5.74) is 3.05. The van der Waals surface area contributed by atoms with Crippen molar-refractivity contribution in [2.75, 3.05) is 12.4 Å². The first-order chi connectivity index (χ1) is 12.1. The fourth-order valence-corrected chi connectivity index (χ4v) is 4.02. The maximum Gasteiger partial charge on any atom is 0.260 e. The van der Waals surface area contributed by atoms with Gasteiger partial charge in [0.25, 0.3) is 5.91 Å². The van der Waals surface area contributed by atoms with Gasteiger partial charge in [-0.2, -0.15) is 0 Å². The van der Waals surface area contributed by atoms with Crippen LogP contribution in [0.15, 0.2) is 51.8 Å². The summed E-state index contributed by atoms with van der Waals surface area (Å²) in [6, 6.07) is 14.0. The van der Waals surface area contributed by atoms with E-state index in [4.69, 9.17) is 4.74 Å². The number of nitrogens with one attached hydrogen (secondary N) is 2. The lowest BCUT2D eigenvalue weighted by Gasteiger charge is -2.12. The van der Waals surface area contributed by atoms with E-state index in [1.807, 2.05) is 36.4 Å². The maximum absolute atomic E-state index is 12.2. The SMILES string of the molecule is CCc1ccc(N[C@H]2NC(=O)/C(=C/c3ccc(OC)c(Br)c3)S2)cc1. The summed E-state index contributed by atoms with van der Waals surface area (Å²) in [6.07, 6.45) is 2.89. The van der Waals surface area contributed by atoms with Gasteiger partial charge in [-0.1, -0.05) is 36.9 Å². The number of benzene rings is 2. The highest BCUT2D eigenvalue weighted by Crippen LogP contribution is 2.32. The Balaban J connectivity index is 1.70. The van der Waals surface area contributed by atoms with Crippen LogP contribution in [0.1, 0.15) is 18.1 Å². The number of carbonyl (C=O) groups excluding carboxylic acids is 1. The number of halogens is 1. The molecule has 1 aliphatic rings. The van der Waals surface area contributed by atoms with Crippen molar-refractivity contribution in [3.63, 3.8) is 0 Å². The number of hydrogen-bond donors (Lipinski definition) is 2. The van der Waals surface area contributed by atoms with Gasteiger partial charge in [0, 0.05) is 5.69 Å². The molecular formula is C19H19BrN2O2S. The van der Waals surface area contributed by atoms with Crippen molar-refractivity contribution in [1.82, 2.24) is 5.32 Å². The molecule has 25 heavy (non-hydrogen) atoms. The predicted molar refractivity (Wildman–Crippen MR) is 108 cm³/mol. The molecule has 0 bridgehead atoms. The van der Waals surface area contributed by atoms with Crippen molar-refractivity contribution in [2.45, 2.75) is 18.8 Å². The lowest BCUT2D eigenvalue weighted by Crippen LogP contribution is -2.30. The first kappa shape index (κ1) is 17.9. The predicted octanol–water partition coefficient (Wildman–Crippen LogP) is 4.62. The highest BCUT2D eigenvalue weighted by molar-refractivity contribution is 9.10. The van der Waals surface area contributed by atoms with Crippen molar-refractivity contribution in [2.24, 2.45) is 0 Å². The number of amides is 1. The Labute approximate surface area is 160 Å². The Bertz CT molecular complexity index is 806. The Kier molecular flexibility index (Phi) is 5.71. The zero-order valence-corrected chi connectivity index (χ0v) is 16.4. The van der Waals surface area contributed by atoms with Gasteiger partial charge in [0.05, 0.1) is 16.5 Å². The Morgan fingerprint density at radius 2 is 2.04 bits per heavy atom. The largest absolute Gasteiger partial charge is 0.496 e. The average molecular weight is 419 g/mol. The summed E-state index contributed by atoms with van der Waals surface area (Å²) in [7, 11) is 1.63. The first-order valence-electron chi connectivity index (χ1n) is 7.97. The zero-order chi connectivity index (χ0) is 17.8. The van der Waals surface area contributed by atoms with Crippen molar-refractivity contribution in [1.29, 1.82) is 0 Å². The quantitative estimate of drug-likeness (QED) is 0.695. The summed E-state index contributed by atoms with van der Waals surface area (Å²) in [5, 5.41) is 6.28. The van der Waals surface area contributed by atoms with E-state index in [0.29, 0.717) is 4.91 Å². The number of anilines is 1. The third-order valence-corrected chi connectivity index (χ3v) is 5.51. The highest BCUT2D eigenvalue weighted by atomic mass is 79.9. The van der Waals surface area contributed by atoms with Gasteiger partial charge in [-0.3, -0.25) is 4.79 Å². The normalized spacial score (nSPS) is 18.3. The van der Waals surface area contributed by atoms with Crippen molar-refractivity contribution in [3.8, 4) is 5.75 Å². The summed E-state index contributed by atoms with van der Waals surface area (Å²) in [5.74, 6) is 0.695. The molecule has 1 fully saturated rings. The summed E-state index contributed by atoms with van der Waals surface area (Å²) in [6.45, 7) is 2.13. The van der Waals surface area contributed by atoms with Crippen LogP contribution in [0.3, 0.4) is 0 Å². The lowest BCUT2D eigenvalue weighted by atomic mass is 10.1. The van der Waals surface area contributed by atoms with E-state index in [9.17, 15) is 4.79 Å². The fraction of sp³-hybridized carbons (Fsp3) is 0.211. The second kappa shape index (κ2) is 7.97. The molecule has 1 heterocycles. The number of thioether (sulfide) groups is 1. The van der Waals surface area contributed by atoms with E-state index in [1.54, 1.807) is 7.11 Å². The third-order valence-electron chi connectivity index (χ3n) is 3.86. The molecule has 0 spiro atoms.